The number of nitrogens with one attached hydrogen (secondary N) is 1. The highest BCUT2D eigenvalue weighted by Gasteiger charge is 1.98. The molecule has 0 unspecified atom stereocenters. The Bertz CT molecular complexity index is 394. The average molecular weight is 148 g/mol. The van der Waals surface area contributed by atoms with Gasteiger partial charge in [-0.1, -0.05) is 0 Å². The molecule has 0 saturated carbocycles. The highest BCUT2D eigenvalue weighted by Crippen LogP contribution is 2.03. The van der Waals surface area contributed by atoms with E-state index in [2.05, 4.69) is 20.2 Å². The molecule has 0 aliphatic heterocycles. The lowest BCUT2D eigenvalue weighted by molar-refractivity contribution is 0.111. The van der Waals surface area contributed by atoms with Gasteiger partial charge < -0.3 is 4.98 Å². The first kappa shape index (κ1) is 5.96. The standard InChI is InChI=1S/C6H4N4O/c11-2-4-1-5-6(10-9-4)8-3-7-5/h1-3H,(H,7,8,10). The van der Waals surface area contributed by atoms with Gasteiger partial charge in [0.2, 0.25) is 0 Å². The molecule has 1 N–H and O–H groups in total. The van der Waals surface area contributed by atoms with Crippen molar-refractivity contribution in [1.29, 1.82) is 0 Å². The van der Waals surface area contributed by atoms with E-state index < -0.39 is 0 Å². The number of carbonyl (C=O) groups is 1. The fraction of sp³-hybridized carbons (Fsp3) is 0. The van der Waals surface area contributed by atoms with Gasteiger partial charge in [0, 0.05) is 0 Å². The summed E-state index contributed by atoms with van der Waals surface area (Å²) in [5.41, 5.74) is 1.56. The smallest absolute Gasteiger partial charge is 0.199 e. The van der Waals surface area contributed by atoms with Crippen LogP contribution in [0, 0.1) is 0 Å². The number of rotatable bonds is 1. The summed E-state index contributed by atoms with van der Waals surface area (Å²) in [6.07, 6.45) is 2.15. The third-order valence-electron chi connectivity index (χ3n) is 1.32. The maximum Gasteiger partial charge on any atom is 0.199 e. The van der Waals surface area contributed by atoms with Crippen LogP contribution in [0.5, 0.6) is 0 Å². The molecule has 54 valence electrons. The molecule has 2 rings (SSSR count). The second-order valence-electron chi connectivity index (χ2n) is 2.03. The Balaban J connectivity index is 2.76. The maximum atomic E-state index is 10.2. The molecule has 2 aromatic rings. The van der Waals surface area contributed by atoms with Crippen molar-refractivity contribution in [2.45, 2.75) is 0 Å². The van der Waals surface area contributed by atoms with E-state index in [0.29, 0.717) is 17.6 Å². The van der Waals surface area contributed by atoms with Gasteiger partial charge in [0.05, 0.1) is 11.8 Å². The number of hydrogen-bond acceptors (Lipinski definition) is 4. The predicted molar refractivity (Wildman–Crippen MR) is 37.1 cm³/mol. The molecule has 5 heteroatoms. The quantitative estimate of drug-likeness (QED) is 0.585. The van der Waals surface area contributed by atoms with E-state index in [1.165, 1.54) is 6.33 Å². The monoisotopic (exact) mass is 148 g/mol. The molecule has 11 heavy (non-hydrogen) atoms. The van der Waals surface area contributed by atoms with Crippen LogP contribution < -0.4 is 0 Å². The highest BCUT2D eigenvalue weighted by atomic mass is 16.1. The molecule has 0 radical (unpaired) electrons. The van der Waals surface area contributed by atoms with E-state index in [1.807, 2.05) is 0 Å². The maximum absolute atomic E-state index is 10.2. The SMILES string of the molecule is O=Cc1cc2[nH]cnc2nn1. The van der Waals surface area contributed by atoms with E-state index in [0.717, 1.165) is 5.52 Å². The summed E-state index contributed by atoms with van der Waals surface area (Å²) >= 11 is 0. The van der Waals surface area contributed by atoms with E-state index >= 15 is 0 Å². The lowest BCUT2D eigenvalue weighted by atomic mass is 10.4. The van der Waals surface area contributed by atoms with Crippen LogP contribution in [0.2, 0.25) is 0 Å². The Morgan fingerprint density at radius 2 is 2.36 bits per heavy atom. The zero-order chi connectivity index (χ0) is 7.68. The number of aromatic amines is 1. The molecule has 0 fully saturated rings. The Hall–Kier alpha value is -1.78. The molecule has 0 spiro atoms. The topological polar surface area (TPSA) is 71.5 Å². The molecular formula is C6H4N4O. The number of aldehydes is 1. The van der Waals surface area contributed by atoms with Crippen LogP contribution in [-0.4, -0.2) is 26.5 Å². The van der Waals surface area contributed by atoms with Crippen LogP contribution in [0.1, 0.15) is 10.5 Å². The van der Waals surface area contributed by atoms with Crippen molar-refractivity contribution in [3.63, 3.8) is 0 Å². The van der Waals surface area contributed by atoms with Gasteiger partial charge in [0.25, 0.3) is 0 Å². The van der Waals surface area contributed by atoms with Gasteiger partial charge in [-0.15, -0.1) is 10.2 Å². The van der Waals surface area contributed by atoms with Crippen LogP contribution >= 0.6 is 0 Å². The lowest BCUT2D eigenvalue weighted by Crippen LogP contribution is -1.90. The molecular weight excluding hydrogens is 144 g/mol. The second-order valence-corrected chi connectivity index (χ2v) is 2.03. The largest absolute Gasteiger partial charge is 0.343 e. The number of carbonyl (C=O) groups excluding carboxylic acids is 1. The first-order chi connectivity index (χ1) is 5.40. The van der Waals surface area contributed by atoms with E-state index in [-0.39, 0.29) is 0 Å². The molecule has 0 atom stereocenters. The minimum atomic E-state index is 0.307. The van der Waals surface area contributed by atoms with Crippen LogP contribution in [0.15, 0.2) is 12.4 Å². The molecule has 2 aromatic heterocycles. The molecule has 5 nitrogen and oxygen atoms in total. The van der Waals surface area contributed by atoms with Crippen molar-refractivity contribution < 1.29 is 4.79 Å². The number of H-pyrrole nitrogens is 1. The van der Waals surface area contributed by atoms with Gasteiger partial charge in [-0.25, -0.2) is 4.98 Å². The Morgan fingerprint density at radius 1 is 1.45 bits per heavy atom. The first-order valence-corrected chi connectivity index (χ1v) is 3.02. The lowest BCUT2D eigenvalue weighted by Gasteiger charge is -1.86. The highest BCUT2D eigenvalue weighted by molar-refractivity contribution is 5.79. The number of aromatic nitrogens is 4. The molecule has 0 aliphatic rings. The number of nitrogens with zero attached hydrogens (tertiary/aromatic N) is 3. The van der Waals surface area contributed by atoms with Crippen LogP contribution in [0.4, 0.5) is 0 Å². The van der Waals surface area contributed by atoms with Crippen molar-refractivity contribution in [3.8, 4) is 0 Å². The van der Waals surface area contributed by atoms with Crippen molar-refractivity contribution in [2.24, 2.45) is 0 Å². The van der Waals surface area contributed by atoms with Crippen LogP contribution in [0.25, 0.3) is 11.2 Å². The first-order valence-electron chi connectivity index (χ1n) is 3.02. The summed E-state index contributed by atoms with van der Waals surface area (Å²) in [6.45, 7) is 0. The minimum absolute atomic E-state index is 0.307. The number of fused-ring (bicyclic) bond motifs is 1. The van der Waals surface area contributed by atoms with Gasteiger partial charge in [-0.3, -0.25) is 4.79 Å². The van der Waals surface area contributed by atoms with Crippen molar-refractivity contribution in [2.75, 3.05) is 0 Å². The van der Waals surface area contributed by atoms with Crippen LogP contribution in [-0.2, 0) is 0 Å². The third kappa shape index (κ3) is 0.861. The summed E-state index contributed by atoms with van der Waals surface area (Å²) in [6, 6.07) is 1.60. The summed E-state index contributed by atoms with van der Waals surface area (Å²) in [4.78, 5) is 16.9. The normalized spacial score (nSPS) is 10.2. The van der Waals surface area contributed by atoms with Gasteiger partial charge in [0.1, 0.15) is 5.69 Å². The summed E-state index contributed by atoms with van der Waals surface area (Å²) in [5.74, 6) is 0. The zero-order valence-electron chi connectivity index (χ0n) is 5.48. The predicted octanol–water partition coefficient (Wildman–Crippen LogP) is 0.165. The average Bonchev–Trinajstić information content (AvgIpc) is 2.50. The summed E-state index contributed by atoms with van der Waals surface area (Å²) in [7, 11) is 0. The Labute approximate surface area is 61.5 Å². The fourth-order valence-electron chi connectivity index (χ4n) is 0.822. The van der Waals surface area contributed by atoms with Gasteiger partial charge >= 0.3 is 0 Å². The molecule has 0 aromatic carbocycles. The number of hydrogen-bond donors (Lipinski definition) is 1. The van der Waals surface area contributed by atoms with E-state index in [9.17, 15) is 4.79 Å². The molecule has 0 amide bonds. The van der Waals surface area contributed by atoms with Crippen molar-refractivity contribution in [1.82, 2.24) is 20.2 Å². The zero-order valence-corrected chi connectivity index (χ0v) is 5.48. The van der Waals surface area contributed by atoms with E-state index in [4.69, 9.17) is 0 Å². The second kappa shape index (κ2) is 2.12. The Kier molecular flexibility index (Phi) is 1.15. The molecule has 2 heterocycles. The van der Waals surface area contributed by atoms with Gasteiger partial charge in [-0.2, -0.15) is 0 Å². The van der Waals surface area contributed by atoms with Crippen molar-refractivity contribution in [3.05, 3.63) is 18.1 Å². The minimum Gasteiger partial charge on any atom is -0.343 e. The molecule has 0 bridgehead atoms. The Morgan fingerprint density at radius 3 is 3.18 bits per heavy atom. The van der Waals surface area contributed by atoms with Gasteiger partial charge in [0.15, 0.2) is 11.9 Å². The van der Waals surface area contributed by atoms with Gasteiger partial charge in [-0.05, 0) is 6.07 Å². The molecule has 0 saturated heterocycles. The van der Waals surface area contributed by atoms with Crippen LogP contribution in [0.3, 0.4) is 0 Å². The van der Waals surface area contributed by atoms with E-state index in [1.54, 1.807) is 6.07 Å². The third-order valence-corrected chi connectivity index (χ3v) is 1.32. The summed E-state index contributed by atoms with van der Waals surface area (Å²) < 4.78 is 0. The number of imidazole rings is 1. The molecule has 0 aliphatic carbocycles. The van der Waals surface area contributed by atoms with Crippen molar-refractivity contribution >= 4 is 17.5 Å². The fourth-order valence-corrected chi connectivity index (χ4v) is 0.822. The summed E-state index contributed by atoms with van der Waals surface area (Å²) in [5, 5.41) is 7.29.